The van der Waals surface area contributed by atoms with E-state index >= 15 is 0 Å². The summed E-state index contributed by atoms with van der Waals surface area (Å²) in [6, 6.07) is 5.36. The Morgan fingerprint density at radius 3 is 2.94 bits per heavy atom. The summed E-state index contributed by atoms with van der Waals surface area (Å²) in [5.74, 6) is 3.24. The lowest BCUT2D eigenvalue weighted by molar-refractivity contribution is 0.102. The Kier molecular flexibility index (Phi) is 5.25. The number of hydrogen-bond acceptors (Lipinski definition) is 8. The average molecular weight is 481 g/mol. The minimum Gasteiger partial charge on any atom is -0.486 e. The first-order valence-electron chi connectivity index (χ1n) is 11.4. The molecule has 4 aromatic rings. The van der Waals surface area contributed by atoms with Crippen molar-refractivity contribution < 1.29 is 14.3 Å². The number of nitrogens with zero attached hydrogens (tertiary/aromatic N) is 4. The fraction of sp³-hybridized carbons (Fsp3) is 0.417. The van der Waals surface area contributed by atoms with Crippen LogP contribution in [0.1, 0.15) is 46.9 Å². The van der Waals surface area contributed by atoms with Crippen molar-refractivity contribution in [2.45, 2.75) is 44.7 Å². The second kappa shape index (κ2) is 8.29. The van der Waals surface area contributed by atoms with E-state index in [4.69, 9.17) is 14.5 Å². The molecule has 0 spiro atoms. The number of carbonyl (C=O) groups is 1. The summed E-state index contributed by atoms with van der Waals surface area (Å²) in [6.45, 7) is 5.44. The van der Waals surface area contributed by atoms with E-state index in [-0.39, 0.29) is 11.5 Å². The third-order valence-corrected chi connectivity index (χ3v) is 8.43. The predicted molar refractivity (Wildman–Crippen MR) is 129 cm³/mol. The first-order valence-corrected chi connectivity index (χ1v) is 13.2. The van der Waals surface area contributed by atoms with Crippen molar-refractivity contribution >= 4 is 44.7 Å². The molecule has 0 radical (unpaired) electrons. The van der Waals surface area contributed by atoms with Gasteiger partial charge in [0.1, 0.15) is 23.9 Å². The fourth-order valence-corrected chi connectivity index (χ4v) is 6.88. The maximum Gasteiger partial charge on any atom is 0.197 e. The molecule has 0 bridgehead atoms. The number of ether oxygens (including phenoxy) is 2. The van der Waals surface area contributed by atoms with Gasteiger partial charge >= 0.3 is 0 Å². The van der Waals surface area contributed by atoms with E-state index in [9.17, 15) is 4.79 Å². The summed E-state index contributed by atoms with van der Waals surface area (Å²) in [7, 11) is 0. The number of thiophene rings is 1. The molecule has 170 valence electrons. The lowest BCUT2D eigenvalue weighted by Crippen LogP contribution is -2.16. The van der Waals surface area contributed by atoms with Crippen molar-refractivity contribution in [1.82, 2.24) is 19.6 Å². The zero-order valence-corrected chi connectivity index (χ0v) is 20.2. The lowest BCUT2D eigenvalue weighted by atomic mass is 9.89. The van der Waals surface area contributed by atoms with Crippen molar-refractivity contribution in [3.8, 4) is 11.5 Å². The van der Waals surface area contributed by atoms with E-state index in [0.29, 0.717) is 41.4 Å². The van der Waals surface area contributed by atoms with Crippen molar-refractivity contribution in [2.24, 2.45) is 5.92 Å². The van der Waals surface area contributed by atoms with E-state index in [2.05, 4.69) is 28.4 Å². The minimum atomic E-state index is 0.0164. The molecule has 3 aromatic heterocycles. The summed E-state index contributed by atoms with van der Waals surface area (Å²) in [5, 5.41) is 10.9. The normalized spacial score (nSPS) is 17.5. The summed E-state index contributed by atoms with van der Waals surface area (Å²) in [5.41, 5.74) is 2.88. The molecular weight excluding hydrogens is 456 g/mol. The SMILES string of the molecule is CCc1nc2sc3c(c2c2nnc(SCC(=O)c4ccc5c(c4)OCCO5)n12)CC[C@H](C)C3. The molecule has 9 heteroatoms. The van der Waals surface area contributed by atoms with Crippen molar-refractivity contribution in [3.05, 3.63) is 40.0 Å². The summed E-state index contributed by atoms with van der Waals surface area (Å²) in [6.07, 6.45) is 4.15. The van der Waals surface area contributed by atoms with Gasteiger partial charge in [-0.2, -0.15) is 0 Å². The van der Waals surface area contributed by atoms with Gasteiger partial charge in [-0.15, -0.1) is 21.5 Å². The molecule has 0 N–H and O–H groups in total. The Morgan fingerprint density at radius 1 is 1.24 bits per heavy atom. The molecule has 0 unspecified atom stereocenters. The van der Waals surface area contributed by atoms with E-state index in [1.807, 2.05) is 11.3 Å². The van der Waals surface area contributed by atoms with Crippen LogP contribution in [0.25, 0.3) is 15.9 Å². The van der Waals surface area contributed by atoms with Gasteiger partial charge in [-0.3, -0.25) is 9.20 Å². The van der Waals surface area contributed by atoms with Crippen LogP contribution < -0.4 is 9.47 Å². The zero-order valence-electron chi connectivity index (χ0n) is 18.6. The number of aryl methyl sites for hydroxylation is 2. The number of thioether (sulfide) groups is 1. The number of aromatic nitrogens is 4. The van der Waals surface area contributed by atoms with E-state index in [1.54, 1.807) is 18.2 Å². The van der Waals surface area contributed by atoms with Crippen LogP contribution in [0.2, 0.25) is 0 Å². The van der Waals surface area contributed by atoms with Crippen LogP contribution in [0.3, 0.4) is 0 Å². The Morgan fingerprint density at radius 2 is 2.09 bits per heavy atom. The van der Waals surface area contributed by atoms with Crippen molar-refractivity contribution in [2.75, 3.05) is 19.0 Å². The summed E-state index contributed by atoms with van der Waals surface area (Å²) < 4.78 is 13.2. The third-order valence-electron chi connectivity index (χ3n) is 6.35. The molecule has 1 aromatic carbocycles. The second-order valence-electron chi connectivity index (χ2n) is 8.63. The van der Waals surface area contributed by atoms with Crippen LogP contribution >= 0.6 is 23.1 Å². The van der Waals surface area contributed by atoms with Gasteiger partial charge in [-0.05, 0) is 48.9 Å². The van der Waals surface area contributed by atoms with Gasteiger partial charge in [-0.25, -0.2) is 4.98 Å². The Hall–Kier alpha value is -2.65. The van der Waals surface area contributed by atoms with Crippen LogP contribution in [-0.4, -0.2) is 44.3 Å². The van der Waals surface area contributed by atoms with E-state index < -0.39 is 0 Å². The van der Waals surface area contributed by atoms with Crippen molar-refractivity contribution in [1.29, 1.82) is 0 Å². The Bertz CT molecular complexity index is 1390. The molecule has 1 aliphatic heterocycles. The first kappa shape index (κ1) is 20.9. The Labute approximate surface area is 199 Å². The summed E-state index contributed by atoms with van der Waals surface area (Å²) in [4.78, 5) is 20.4. The topological polar surface area (TPSA) is 78.6 Å². The maximum atomic E-state index is 12.9. The smallest absolute Gasteiger partial charge is 0.197 e. The highest BCUT2D eigenvalue weighted by atomic mass is 32.2. The quantitative estimate of drug-likeness (QED) is 0.301. The number of ketones is 1. The number of fused-ring (bicyclic) bond motifs is 6. The van der Waals surface area contributed by atoms with Gasteiger partial charge in [0.25, 0.3) is 0 Å². The highest BCUT2D eigenvalue weighted by molar-refractivity contribution is 7.99. The highest BCUT2D eigenvalue weighted by Crippen LogP contribution is 2.40. The largest absolute Gasteiger partial charge is 0.486 e. The van der Waals surface area contributed by atoms with Gasteiger partial charge in [0, 0.05) is 16.9 Å². The highest BCUT2D eigenvalue weighted by Gasteiger charge is 2.25. The van der Waals surface area contributed by atoms with Gasteiger partial charge in [-0.1, -0.05) is 25.6 Å². The molecule has 7 nitrogen and oxygen atoms in total. The minimum absolute atomic E-state index is 0.0164. The number of carbonyl (C=O) groups excluding carboxylic acids is 1. The molecule has 33 heavy (non-hydrogen) atoms. The fourth-order valence-electron chi connectivity index (χ4n) is 4.64. The van der Waals surface area contributed by atoms with E-state index in [1.165, 1.54) is 28.6 Å². The number of hydrogen-bond donors (Lipinski definition) is 0. The maximum absolute atomic E-state index is 12.9. The molecular formula is C24H24N4O3S2. The first-order chi connectivity index (χ1) is 16.1. The van der Waals surface area contributed by atoms with Crippen LogP contribution in [0, 0.1) is 5.92 Å². The van der Waals surface area contributed by atoms with Gasteiger partial charge in [0.15, 0.2) is 28.1 Å². The molecule has 1 atom stereocenters. The molecule has 6 rings (SSSR count). The van der Waals surface area contributed by atoms with Gasteiger partial charge in [0.2, 0.25) is 0 Å². The predicted octanol–water partition coefficient (Wildman–Crippen LogP) is 4.77. The van der Waals surface area contributed by atoms with E-state index in [0.717, 1.165) is 41.0 Å². The molecule has 0 fully saturated rings. The molecule has 0 amide bonds. The van der Waals surface area contributed by atoms with Gasteiger partial charge < -0.3 is 9.47 Å². The third kappa shape index (κ3) is 3.58. The van der Waals surface area contributed by atoms with Crippen LogP contribution in [0.4, 0.5) is 0 Å². The average Bonchev–Trinajstić information content (AvgIpc) is 3.42. The number of Topliss-reactive ketones (excluding diaryl/α,β-unsaturated/α-hetero) is 1. The summed E-state index contributed by atoms with van der Waals surface area (Å²) >= 11 is 3.22. The molecule has 0 saturated carbocycles. The zero-order chi connectivity index (χ0) is 22.5. The van der Waals surface area contributed by atoms with Crippen LogP contribution in [-0.2, 0) is 19.3 Å². The molecule has 4 heterocycles. The lowest BCUT2D eigenvalue weighted by Gasteiger charge is -2.18. The standard InChI is InChI=1S/C24H24N4O3S2/c1-3-20-25-23-21(15-6-4-13(2)10-19(15)33-23)22-26-27-24(28(20)22)32-12-16(29)14-5-7-17-18(11-14)31-9-8-30-17/h5,7,11,13H,3-4,6,8-10,12H2,1-2H3/t13-/m0/s1. The molecule has 1 aliphatic carbocycles. The monoisotopic (exact) mass is 480 g/mol. The van der Waals surface area contributed by atoms with Crippen molar-refractivity contribution in [3.63, 3.8) is 0 Å². The van der Waals surface area contributed by atoms with Crippen LogP contribution in [0.15, 0.2) is 23.4 Å². The number of benzene rings is 1. The van der Waals surface area contributed by atoms with Gasteiger partial charge in [0.05, 0.1) is 11.1 Å². The second-order valence-corrected chi connectivity index (χ2v) is 10.7. The molecule has 0 saturated heterocycles. The molecule has 2 aliphatic rings. The Balaban J connectivity index is 1.32. The number of rotatable bonds is 5. The van der Waals surface area contributed by atoms with Crippen LogP contribution in [0.5, 0.6) is 11.5 Å².